The van der Waals surface area contributed by atoms with E-state index in [0.29, 0.717) is 22.3 Å². The van der Waals surface area contributed by atoms with E-state index in [1.54, 1.807) is 0 Å². The molecule has 2 N–H and O–H groups in total. The predicted octanol–water partition coefficient (Wildman–Crippen LogP) is 3.77. The normalized spacial score (nSPS) is 15.5. The van der Waals surface area contributed by atoms with Crippen molar-refractivity contribution in [3.8, 4) is 11.1 Å². The Labute approximate surface area is 156 Å². The lowest BCUT2D eigenvalue weighted by Gasteiger charge is -2.26. The highest BCUT2D eigenvalue weighted by atomic mass is 35.5. The van der Waals surface area contributed by atoms with Crippen molar-refractivity contribution in [2.45, 2.75) is 0 Å². The van der Waals surface area contributed by atoms with Gasteiger partial charge in [-0.15, -0.1) is 0 Å². The Morgan fingerprint density at radius 3 is 2.77 bits per heavy atom. The maximum atomic E-state index is 14.7. The number of ether oxygens (including phenoxy) is 1. The second-order valence-electron chi connectivity index (χ2n) is 6.29. The van der Waals surface area contributed by atoms with Crippen LogP contribution in [-0.4, -0.2) is 54.5 Å². The summed E-state index contributed by atoms with van der Waals surface area (Å²) < 4.78 is 20.1. The van der Waals surface area contributed by atoms with E-state index < -0.39 is 5.82 Å². The molecule has 4 rings (SSSR count). The smallest absolute Gasteiger partial charge is 0.168 e. The molecule has 0 spiro atoms. The fraction of sp³-hybridized carbons (Fsp3) is 0.316. The first-order valence-corrected chi connectivity index (χ1v) is 9.07. The maximum Gasteiger partial charge on any atom is 0.168 e. The minimum atomic E-state index is -0.475. The summed E-state index contributed by atoms with van der Waals surface area (Å²) in [6.07, 6.45) is 0. The minimum Gasteiger partial charge on any atom is -0.379 e. The van der Waals surface area contributed by atoms with Crippen LogP contribution >= 0.6 is 11.6 Å². The summed E-state index contributed by atoms with van der Waals surface area (Å²) in [6, 6.07) is 11.4. The summed E-state index contributed by atoms with van der Waals surface area (Å²) in [5, 5.41) is 11.1. The summed E-state index contributed by atoms with van der Waals surface area (Å²) in [4.78, 5) is 2.33. The number of rotatable bonds is 5. The van der Waals surface area contributed by atoms with Crippen LogP contribution in [0.15, 0.2) is 36.4 Å². The number of benzene rings is 2. The van der Waals surface area contributed by atoms with Crippen molar-refractivity contribution in [3.05, 3.63) is 47.2 Å². The molecule has 1 saturated heterocycles. The topological polar surface area (TPSA) is 53.2 Å². The molecule has 0 bridgehead atoms. The second kappa shape index (κ2) is 7.61. The molecule has 0 amide bonds. The lowest BCUT2D eigenvalue weighted by molar-refractivity contribution is 0.0398. The number of morpholine rings is 1. The fourth-order valence-electron chi connectivity index (χ4n) is 3.21. The van der Waals surface area contributed by atoms with Gasteiger partial charge < -0.3 is 10.1 Å². The van der Waals surface area contributed by atoms with Crippen molar-refractivity contribution in [2.75, 3.05) is 44.7 Å². The minimum absolute atomic E-state index is 0.104. The van der Waals surface area contributed by atoms with Gasteiger partial charge in [0.15, 0.2) is 11.6 Å². The molecule has 7 heteroatoms. The molecule has 1 aliphatic rings. The van der Waals surface area contributed by atoms with Gasteiger partial charge in [-0.2, -0.15) is 5.10 Å². The van der Waals surface area contributed by atoms with Crippen LogP contribution < -0.4 is 5.32 Å². The number of H-pyrrole nitrogens is 1. The third-order valence-corrected chi connectivity index (χ3v) is 5.02. The lowest BCUT2D eigenvalue weighted by atomic mass is 10.0. The van der Waals surface area contributed by atoms with Crippen LogP contribution in [0.5, 0.6) is 0 Å². The van der Waals surface area contributed by atoms with E-state index >= 15 is 0 Å². The highest BCUT2D eigenvalue weighted by Gasteiger charge is 2.18. The number of hydrogen-bond acceptors (Lipinski definition) is 4. The van der Waals surface area contributed by atoms with Crippen LogP contribution in [0, 0.1) is 5.82 Å². The van der Waals surface area contributed by atoms with Gasteiger partial charge in [-0.25, -0.2) is 4.39 Å². The number of aromatic amines is 1. The lowest BCUT2D eigenvalue weighted by Crippen LogP contribution is -2.39. The number of nitrogens with zero attached hydrogens (tertiary/aromatic N) is 2. The van der Waals surface area contributed by atoms with E-state index in [-0.39, 0.29) is 5.02 Å². The van der Waals surface area contributed by atoms with Gasteiger partial charge in [-0.3, -0.25) is 10.00 Å². The summed E-state index contributed by atoms with van der Waals surface area (Å²) >= 11 is 6.26. The molecule has 0 saturated carbocycles. The molecule has 0 aliphatic carbocycles. The van der Waals surface area contributed by atoms with Crippen LogP contribution in [0.1, 0.15) is 0 Å². The summed E-state index contributed by atoms with van der Waals surface area (Å²) in [7, 11) is 0. The Bertz CT molecular complexity index is 893. The average Bonchev–Trinajstić information content (AvgIpc) is 3.09. The van der Waals surface area contributed by atoms with Crippen molar-refractivity contribution < 1.29 is 9.13 Å². The first-order valence-electron chi connectivity index (χ1n) is 8.69. The zero-order valence-electron chi connectivity index (χ0n) is 14.3. The molecule has 26 heavy (non-hydrogen) atoms. The van der Waals surface area contributed by atoms with Gasteiger partial charge in [0.2, 0.25) is 0 Å². The number of hydrogen-bond donors (Lipinski definition) is 2. The molecule has 0 radical (unpaired) electrons. The summed E-state index contributed by atoms with van der Waals surface area (Å²) in [5.41, 5.74) is 1.86. The molecular formula is C19H20ClFN4O. The quantitative estimate of drug-likeness (QED) is 0.714. The molecule has 0 unspecified atom stereocenters. The predicted molar refractivity (Wildman–Crippen MR) is 102 cm³/mol. The number of aromatic nitrogens is 2. The standard InChI is InChI=1S/C19H20ClFN4O/c20-16-14(13-4-2-1-3-5-13)12-15-18(17(16)21)23-24-19(15)22-6-7-25-8-10-26-11-9-25/h1-5,12H,6-11H2,(H2,22,23,24). The average molecular weight is 375 g/mol. The third kappa shape index (κ3) is 3.40. The Balaban J connectivity index is 1.59. The maximum absolute atomic E-state index is 14.7. The third-order valence-electron chi connectivity index (χ3n) is 4.65. The van der Waals surface area contributed by atoms with Crippen LogP contribution in [0.4, 0.5) is 10.2 Å². The molecule has 5 nitrogen and oxygen atoms in total. The first kappa shape index (κ1) is 17.3. The Morgan fingerprint density at radius 1 is 1.23 bits per heavy atom. The molecule has 3 aromatic rings. The van der Waals surface area contributed by atoms with Crippen molar-refractivity contribution in [2.24, 2.45) is 0 Å². The van der Waals surface area contributed by atoms with E-state index in [0.717, 1.165) is 45.0 Å². The van der Waals surface area contributed by atoms with Gasteiger partial charge in [0.1, 0.15) is 5.52 Å². The fourth-order valence-corrected chi connectivity index (χ4v) is 3.47. The zero-order chi connectivity index (χ0) is 17.9. The van der Waals surface area contributed by atoms with E-state index in [2.05, 4.69) is 20.4 Å². The van der Waals surface area contributed by atoms with Gasteiger partial charge in [0.05, 0.1) is 18.2 Å². The van der Waals surface area contributed by atoms with Crippen molar-refractivity contribution in [1.29, 1.82) is 0 Å². The Morgan fingerprint density at radius 2 is 2.00 bits per heavy atom. The monoisotopic (exact) mass is 374 g/mol. The van der Waals surface area contributed by atoms with E-state index in [4.69, 9.17) is 16.3 Å². The first-order chi connectivity index (χ1) is 12.7. The molecule has 2 heterocycles. The van der Waals surface area contributed by atoms with Crippen molar-refractivity contribution in [1.82, 2.24) is 15.1 Å². The Hall–Kier alpha value is -2.15. The molecular weight excluding hydrogens is 355 g/mol. The molecule has 1 aromatic heterocycles. The summed E-state index contributed by atoms with van der Waals surface area (Å²) in [5.74, 6) is 0.165. The van der Waals surface area contributed by atoms with Gasteiger partial charge in [0, 0.05) is 37.1 Å². The highest BCUT2D eigenvalue weighted by Crippen LogP contribution is 2.36. The van der Waals surface area contributed by atoms with Crippen LogP contribution in [-0.2, 0) is 4.74 Å². The SMILES string of the molecule is Fc1c(Cl)c(-c2ccccc2)cc2c(NCCN3CCOCC3)n[nH]c12. The largest absolute Gasteiger partial charge is 0.379 e. The van der Waals surface area contributed by atoms with Crippen LogP contribution in [0.2, 0.25) is 5.02 Å². The van der Waals surface area contributed by atoms with E-state index in [9.17, 15) is 4.39 Å². The van der Waals surface area contributed by atoms with Gasteiger partial charge >= 0.3 is 0 Å². The summed E-state index contributed by atoms with van der Waals surface area (Å²) in [6.45, 7) is 5.03. The number of nitrogens with one attached hydrogen (secondary N) is 2. The number of anilines is 1. The van der Waals surface area contributed by atoms with E-state index in [1.165, 1.54) is 0 Å². The Kier molecular flexibility index (Phi) is 5.06. The molecule has 1 aliphatic heterocycles. The van der Waals surface area contributed by atoms with Crippen LogP contribution in [0.3, 0.4) is 0 Å². The van der Waals surface area contributed by atoms with Gasteiger partial charge in [-0.1, -0.05) is 41.9 Å². The molecule has 2 aromatic carbocycles. The van der Waals surface area contributed by atoms with Gasteiger partial charge in [-0.05, 0) is 11.6 Å². The molecule has 1 fully saturated rings. The van der Waals surface area contributed by atoms with Crippen LogP contribution in [0.25, 0.3) is 22.0 Å². The van der Waals surface area contributed by atoms with E-state index in [1.807, 2.05) is 36.4 Å². The number of fused-ring (bicyclic) bond motifs is 1. The highest BCUT2D eigenvalue weighted by molar-refractivity contribution is 6.34. The van der Waals surface area contributed by atoms with Crippen molar-refractivity contribution >= 4 is 28.3 Å². The molecule has 0 atom stereocenters. The van der Waals surface area contributed by atoms with Gasteiger partial charge in [0.25, 0.3) is 0 Å². The molecule has 136 valence electrons. The zero-order valence-corrected chi connectivity index (χ0v) is 15.0. The number of halogens is 2. The van der Waals surface area contributed by atoms with Crippen molar-refractivity contribution in [3.63, 3.8) is 0 Å². The second-order valence-corrected chi connectivity index (χ2v) is 6.67.